The predicted octanol–water partition coefficient (Wildman–Crippen LogP) is 3.46. The zero-order valence-corrected chi connectivity index (χ0v) is 14.0. The van der Waals surface area contributed by atoms with E-state index in [1.807, 2.05) is 0 Å². The van der Waals surface area contributed by atoms with Crippen LogP contribution in [0.15, 0.2) is 46.2 Å². The molecule has 0 aromatic heterocycles. The molecule has 0 unspecified atom stereocenters. The van der Waals surface area contributed by atoms with Crippen molar-refractivity contribution in [3.05, 3.63) is 63.5 Å². The van der Waals surface area contributed by atoms with E-state index in [0.717, 1.165) is 37.1 Å². The van der Waals surface area contributed by atoms with Gasteiger partial charge in [-0.15, -0.1) is 0 Å². The Morgan fingerprint density at radius 3 is 2.32 bits per heavy atom. The molecule has 0 bridgehead atoms. The van der Waals surface area contributed by atoms with E-state index >= 15 is 0 Å². The smallest absolute Gasteiger partial charge is 0.339 e. The summed E-state index contributed by atoms with van der Waals surface area (Å²) < 4.78 is 22.7. The molecule has 0 aliphatic rings. The SMILES string of the molecule is COC(=O)c1ccc(Sc2cc(F)ccc2C(=O)OC)c([N+](=O)[O-])c1. The predicted molar refractivity (Wildman–Crippen MR) is 86.3 cm³/mol. The van der Waals surface area contributed by atoms with E-state index in [1.54, 1.807) is 0 Å². The van der Waals surface area contributed by atoms with Gasteiger partial charge in [-0.05, 0) is 30.3 Å². The van der Waals surface area contributed by atoms with E-state index in [4.69, 9.17) is 0 Å². The second-order valence-corrected chi connectivity index (χ2v) is 5.75. The van der Waals surface area contributed by atoms with Gasteiger partial charge in [0.05, 0.1) is 35.2 Å². The quantitative estimate of drug-likeness (QED) is 0.455. The van der Waals surface area contributed by atoms with Crippen LogP contribution in [-0.2, 0) is 9.47 Å². The first kappa shape index (κ1) is 18.4. The molecule has 2 rings (SSSR count). The fourth-order valence-electron chi connectivity index (χ4n) is 1.97. The molecule has 0 saturated heterocycles. The van der Waals surface area contributed by atoms with Crippen LogP contribution < -0.4 is 0 Å². The van der Waals surface area contributed by atoms with Gasteiger partial charge in [0, 0.05) is 11.0 Å². The third-order valence-corrected chi connectivity index (χ3v) is 4.27. The molecule has 0 amide bonds. The van der Waals surface area contributed by atoms with Crippen LogP contribution in [0, 0.1) is 15.9 Å². The zero-order chi connectivity index (χ0) is 18.6. The van der Waals surface area contributed by atoms with E-state index in [2.05, 4.69) is 9.47 Å². The Hall–Kier alpha value is -2.94. The van der Waals surface area contributed by atoms with Gasteiger partial charge in [-0.1, -0.05) is 11.8 Å². The Morgan fingerprint density at radius 2 is 1.72 bits per heavy atom. The third kappa shape index (κ3) is 4.13. The highest BCUT2D eigenvalue weighted by Crippen LogP contribution is 2.37. The Bertz CT molecular complexity index is 855. The molecule has 0 atom stereocenters. The molecule has 0 fully saturated rings. The number of carbonyl (C=O) groups excluding carboxylic acids is 2. The minimum atomic E-state index is -0.722. The summed E-state index contributed by atoms with van der Waals surface area (Å²) in [4.78, 5) is 34.2. The molecule has 9 heteroatoms. The van der Waals surface area contributed by atoms with Gasteiger partial charge in [-0.3, -0.25) is 10.1 Å². The molecule has 0 N–H and O–H groups in total. The maximum Gasteiger partial charge on any atom is 0.339 e. The molecule has 0 aliphatic carbocycles. The van der Waals surface area contributed by atoms with Gasteiger partial charge in [0.15, 0.2) is 0 Å². The van der Waals surface area contributed by atoms with Gasteiger partial charge >= 0.3 is 11.9 Å². The molecule has 7 nitrogen and oxygen atoms in total. The van der Waals surface area contributed by atoms with Crippen molar-refractivity contribution in [2.24, 2.45) is 0 Å². The summed E-state index contributed by atoms with van der Waals surface area (Å²) in [6.45, 7) is 0. The van der Waals surface area contributed by atoms with Crippen LogP contribution in [-0.4, -0.2) is 31.1 Å². The lowest BCUT2D eigenvalue weighted by Crippen LogP contribution is -2.04. The lowest BCUT2D eigenvalue weighted by molar-refractivity contribution is -0.387. The van der Waals surface area contributed by atoms with Crippen molar-refractivity contribution in [2.75, 3.05) is 14.2 Å². The molecule has 130 valence electrons. The second-order valence-electron chi connectivity index (χ2n) is 4.67. The standard InChI is InChI=1S/C16H12FNO6S/c1-23-15(19)9-3-6-13(12(7-9)18(21)22)25-14-8-10(17)4-5-11(14)16(20)24-2/h3-8H,1-2H3. The Kier molecular flexibility index (Phi) is 5.71. The Morgan fingerprint density at radius 1 is 1.04 bits per heavy atom. The summed E-state index contributed by atoms with van der Waals surface area (Å²) in [5, 5.41) is 11.3. The maximum absolute atomic E-state index is 13.5. The van der Waals surface area contributed by atoms with Crippen molar-refractivity contribution in [1.29, 1.82) is 0 Å². The highest BCUT2D eigenvalue weighted by atomic mass is 32.2. The first-order valence-corrected chi connectivity index (χ1v) is 7.61. The minimum Gasteiger partial charge on any atom is -0.465 e. The summed E-state index contributed by atoms with van der Waals surface area (Å²) >= 11 is 0.820. The van der Waals surface area contributed by atoms with Gasteiger partial charge in [0.25, 0.3) is 5.69 Å². The Balaban J connectivity index is 2.50. The van der Waals surface area contributed by atoms with Crippen LogP contribution in [0.2, 0.25) is 0 Å². The van der Waals surface area contributed by atoms with Crippen LogP contribution >= 0.6 is 11.8 Å². The first-order chi connectivity index (χ1) is 11.9. The van der Waals surface area contributed by atoms with Crippen molar-refractivity contribution in [3.8, 4) is 0 Å². The molecule has 0 spiro atoms. The van der Waals surface area contributed by atoms with E-state index in [1.165, 1.54) is 25.3 Å². The number of halogens is 1. The van der Waals surface area contributed by atoms with Gasteiger partial charge in [0.1, 0.15) is 5.82 Å². The molecular weight excluding hydrogens is 353 g/mol. The summed E-state index contributed by atoms with van der Waals surface area (Å²) in [5.74, 6) is -2.03. The van der Waals surface area contributed by atoms with Crippen LogP contribution in [0.4, 0.5) is 10.1 Å². The van der Waals surface area contributed by atoms with Crippen molar-refractivity contribution in [2.45, 2.75) is 9.79 Å². The molecule has 0 heterocycles. The number of benzene rings is 2. The normalized spacial score (nSPS) is 10.2. The molecule has 2 aromatic rings. The number of carbonyl (C=O) groups is 2. The number of esters is 2. The highest BCUT2D eigenvalue weighted by molar-refractivity contribution is 7.99. The molecule has 0 radical (unpaired) electrons. The molecule has 0 aliphatic heterocycles. The number of ether oxygens (including phenoxy) is 2. The van der Waals surface area contributed by atoms with Crippen LogP contribution in [0.5, 0.6) is 0 Å². The molecular formula is C16H12FNO6S. The summed E-state index contributed by atoms with van der Waals surface area (Å²) in [6.07, 6.45) is 0. The van der Waals surface area contributed by atoms with Crippen LogP contribution in [0.25, 0.3) is 0 Å². The van der Waals surface area contributed by atoms with Gasteiger partial charge < -0.3 is 9.47 Å². The van der Waals surface area contributed by atoms with Crippen molar-refractivity contribution in [3.63, 3.8) is 0 Å². The third-order valence-electron chi connectivity index (χ3n) is 3.15. The second kappa shape index (κ2) is 7.75. The minimum absolute atomic E-state index is 0.00554. The van der Waals surface area contributed by atoms with E-state index < -0.39 is 22.7 Å². The van der Waals surface area contributed by atoms with Gasteiger partial charge in [-0.2, -0.15) is 0 Å². The highest BCUT2D eigenvalue weighted by Gasteiger charge is 2.21. The van der Waals surface area contributed by atoms with Gasteiger partial charge in [0.2, 0.25) is 0 Å². The van der Waals surface area contributed by atoms with E-state index in [-0.39, 0.29) is 26.6 Å². The number of methoxy groups -OCH3 is 2. The lowest BCUT2D eigenvalue weighted by Gasteiger charge is -2.09. The average Bonchev–Trinajstić information content (AvgIpc) is 2.60. The maximum atomic E-state index is 13.5. The topological polar surface area (TPSA) is 95.7 Å². The van der Waals surface area contributed by atoms with Crippen molar-refractivity contribution >= 4 is 29.4 Å². The lowest BCUT2D eigenvalue weighted by atomic mass is 10.2. The average molecular weight is 365 g/mol. The number of nitro benzene ring substituents is 1. The van der Waals surface area contributed by atoms with Gasteiger partial charge in [-0.25, -0.2) is 14.0 Å². The first-order valence-electron chi connectivity index (χ1n) is 6.80. The summed E-state index contributed by atoms with van der Waals surface area (Å²) in [6, 6.07) is 7.14. The van der Waals surface area contributed by atoms with Crippen LogP contribution in [0.3, 0.4) is 0 Å². The monoisotopic (exact) mass is 365 g/mol. The van der Waals surface area contributed by atoms with Crippen LogP contribution in [0.1, 0.15) is 20.7 Å². The van der Waals surface area contributed by atoms with E-state index in [0.29, 0.717) is 0 Å². The zero-order valence-electron chi connectivity index (χ0n) is 13.1. The molecule has 2 aromatic carbocycles. The fourth-order valence-corrected chi connectivity index (χ4v) is 3.01. The largest absolute Gasteiger partial charge is 0.465 e. The van der Waals surface area contributed by atoms with Crippen molar-refractivity contribution in [1.82, 2.24) is 0 Å². The fraction of sp³-hybridized carbons (Fsp3) is 0.125. The number of rotatable bonds is 5. The Labute approximate surface area is 145 Å². The summed E-state index contributed by atoms with van der Waals surface area (Å²) in [5.41, 5.74) is -0.292. The molecule has 0 saturated carbocycles. The number of nitro groups is 1. The number of hydrogen-bond donors (Lipinski definition) is 0. The summed E-state index contributed by atoms with van der Waals surface area (Å²) in [7, 11) is 2.33. The van der Waals surface area contributed by atoms with E-state index in [9.17, 15) is 24.1 Å². The molecule has 25 heavy (non-hydrogen) atoms. The number of hydrogen-bond acceptors (Lipinski definition) is 7. The number of nitrogens with zero attached hydrogens (tertiary/aromatic N) is 1. The van der Waals surface area contributed by atoms with Crippen molar-refractivity contribution < 1.29 is 28.4 Å².